The van der Waals surface area contributed by atoms with Crippen LogP contribution in [0.4, 0.5) is 0 Å². The first kappa shape index (κ1) is 27.8. The highest BCUT2D eigenvalue weighted by Crippen LogP contribution is 2.34. The highest BCUT2D eigenvalue weighted by molar-refractivity contribution is 5.51. The molecule has 180 valence electrons. The molecule has 0 spiro atoms. The van der Waals surface area contributed by atoms with Crippen molar-refractivity contribution in [1.82, 2.24) is 0 Å². The Kier molecular flexibility index (Phi) is 14.0. The fraction of sp³-hybridized carbons (Fsp3) is 0.786. The van der Waals surface area contributed by atoms with Gasteiger partial charge in [-0.25, -0.2) is 0 Å². The van der Waals surface area contributed by atoms with Crippen molar-refractivity contribution in [1.29, 1.82) is 0 Å². The van der Waals surface area contributed by atoms with E-state index in [0.717, 1.165) is 24.0 Å². The molecule has 3 N–H and O–H groups in total. The standard InChI is InChI=1S/C28H50O3/c1-5-6-7-8-9-10-11-12-13-14-15-16-17-18-20-28(4,31)21-19-25-24(3)26(29)22-23(2)27(25)30/h22,29-31H,5-21H2,1-4H3. The number of aromatic hydroxyl groups is 2. The third-order valence-corrected chi connectivity index (χ3v) is 6.83. The summed E-state index contributed by atoms with van der Waals surface area (Å²) in [5.41, 5.74) is 1.44. The number of rotatable bonds is 18. The summed E-state index contributed by atoms with van der Waals surface area (Å²) in [7, 11) is 0. The molecule has 1 unspecified atom stereocenters. The predicted molar refractivity (Wildman–Crippen MR) is 133 cm³/mol. The van der Waals surface area contributed by atoms with Crippen LogP contribution in [0.15, 0.2) is 6.07 Å². The van der Waals surface area contributed by atoms with Gasteiger partial charge in [-0.1, -0.05) is 96.8 Å². The van der Waals surface area contributed by atoms with E-state index in [2.05, 4.69) is 6.92 Å². The van der Waals surface area contributed by atoms with E-state index in [-0.39, 0.29) is 11.5 Å². The van der Waals surface area contributed by atoms with Gasteiger partial charge in [0, 0.05) is 5.56 Å². The number of aryl methyl sites for hydroxylation is 1. The second-order valence-corrected chi connectivity index (χ2v) is 10.0. The lowest BCUT2D eigenvalue weighted by molar-refractivity contribution is 0.0394. The Bertz CT molecular complexity index is 581. The fourth-order valence-corrected chi connectivity index (χ4v) is 4.48. The zero-order chi connectivity index (χ0) is 23.1. The summed E-state index contributed by atoms with van der Waals surface area (Å²) < 4.78 is 0. The minimum atomic E-state index is -0.727. The molecule has 1 aromatic rings. The highest BCUT2D eigenvalue weighted by atomic mass is 16.3. The summed E-state index contributed by atoms with van der Waals surface area (Å²) in [4.78, 5) is 0. The Morgan fingerprint density at radius 1 is 0.710 bits per heavy atom. The molecular formula is C28H50O3. The molecule has 0 saturated carbocycles. The van der Waals surface area contributed by atoms with Gasteiger partial charge in [-0.3, -0.25) is 0 Å². The molecule has 0 bridgehead atoms. The second kappa shape index (κ2) is 15.6. The normalized spacial score (nSPS) is 13.5. The maximum absolute atomic E-state index is 10.7. The molecule has 0 radical (unpaired) electrons. The number of phenols is 2. The summed E-state index contributed by atoms with van der Waals surface area (Å²) in [6.07, 6.45) is 20.7. The van der Waals surface area contributed by atoms with Gasteiger partial charge >= 0.3 is 0 Å². The molecule has 3 nitrogen and oxygen atoms in total. The summed E-state index contributed by atoms with van der Waals surface area (Å²) in [6, 6.07) is 1.60. The summed E-state index contributed by atoms with van der Waals surface area (Å²) in [5.74, 6) is 0.472. The Labute approximate surface area is 192 Å². The van der Waals surface area contributed by atoms with E-state index in [0.29, 0.717) is 18.4 Å². The zero-order valence-electron chi connectivity index (χ0n) is 20.9. The van der Waals surface area contributed by atoms with Gasteiger partial charge in [-0.15, -0.1) is 0 Å². The van der Waals surface area contributed by atoms with E-state index >= 15 is 0 Å². The quantitative estimate of drug-likeness (QED) is 0.161. The van der Waals surface area contributed by atoms with Crippen molar-refractivity contribution < 1.29 is 15.3 Å². The predicted octanol–water partition coefficient (Wildman–Crippen LogP) is 8.27. The Hall–Kier alpha value is -1.22. The van der Waals surface area contributed by atoms with E-state index in [1.165, 1.54) is 83.5 Å². The maximum Gasteiger partial charge on any atom is 0.122 e. The van der Waals surface area contributed by atoms with Crippen molar-refractivity contribution in [3.05, 3.63) is 22.8 Å². The molecule has 0 aliphatic heterocycles. The van der Waals surface area contributed by atoms with Crippen LogP contribution >= 0.6 is 0 Å². The van der Waals surface area contributed by atoms with Gasteiger partial charge in [-0.2, -0.15) is 0 Å². The second-order valence-electron chi connectivity index (χ2n) is 10.0. The smallest absolute Gasteiger partial charge is 0.122 e. The molecule has 0 fully saturated rings. The maximum atomic E-state index is 10.7. The third kappa shape index (κ3) is 11.8. The van der Waals surface area contributed by atoms with Crippen LogP contribution in [0.1, 0.15) is 133 Å². The lowest BCUT2D eigenvalue weighted by Gasteiger charge is -2.24. The average Bonchev–Trinajstić information content (AvgIpc) is 2.72. The Balaban J connectivity index is 2.08. The number of hydrogen-bond donors (Lipinski definition) is 3. The Morgan fingerprint density at radius 2 is 1.16 bits per heavy atom. The lowest BCUT2D eigenvalue weighted by Crippen LogP contribution is -2.24. The van der Waals surface area contributed by atoms with Crippen LogP contribution in [0, 0.1) is 13.8 Å². The van der Waals surface area contributed by atoms with Gasteiger partial charge < -0.3 is 15.3 Å². The first-order valence-electron chi connectivity index (χ1n) is 13.0. The van der Waals surface area contributed by atoms with Crippen molar-refractivity contribution in [2.45, 2.75) is 142 Å². The van der Waals surface area contributed by atoms with E-state index in [4.69, 9.17) is 0 Å². The monoisotopic (exact) mass is 434 g/mol. The first-order chi connectivity index (χ1) is 14.8. The van der Waals surface area contributed by atoms with Crippen molar-refractivity contribution in [3.63, 3.8) is 0 Å². The zero-order valence-corrected chi connectivity index (χ0v) is 20.9. The number of benzene rings is 1. The van der Waals surface area contributed by atoms with E-state index in [1.807, 2.05) is 13.8 Å². The van der Waals surface area contributed by atoms with Gasteiger partial charge in [0.05, 0.1) is 5.60 Å². The number of aliphatic hydroxyl groups is 1. The van der Waals surface area contributed by atoms with E-state index in [1.54, 1.807) is 13.0 Å². The first-order valence-corrected chi connectivity index (χ1v) is 13.0. The van der Waals surface area contributed by atoms with Crippen LogP contribution in [0.3, 0.4) is 0 Å². The van der Waals surface area contributed by atoms with E-state index in [9.17, 15) is 15.3 Å². The van der Waals surface area contributed by atoms with Crippen LogP contribution in [-0.4, -0.2) is 20.9 Å². The molecule has 0 saturated heterocycles. The molecule has 0 amide bonds. The van der Waals surface area contributed by atoms with Gasteiger partial charge in [-0.05, 0) is 57.2 Å². The molecule has 31 heavy (non-hydrogen) atoms. The minimum absolute atomic E-state index is 0.219. The number of phenolic OH excluding ortho intramolecular Hbond substituents is 2. The SMILES string of the molecule is CCCCCCCCCCCCCCCCC(C)(O)CCc1c(C)c(O)cc(C)c1O. The molecule has 1 atom stereocenters. The van der Waals surface area contributed by atoms with Gasteiger partial charge in [0.1, 0.15) is 11.5 Å². The van der Waals surface area contributed by atoms with Crippen molar-refractivity contribution in [3.8, 4) is 11.5 Å². The molecule has 1 rings (SSSR count). The molecule has 0 aliphatic rings. The van der Waals surface area contributed by atoms with Crippen molar-refractivity contribution in [2.24, 2.45) is 0 Å². The van der Waals surface area contributed by atoms with Crippen molar-refractivity contribution in [2.75, 3.05) is 0 Å². The Morgan fingerprint density at radius 3 is 1.65 bits per heavy atom. The molecule has 3 heteroatoms. The third-order valence-electron chi connectivity index (χ3n) is 6.83. The minimum Gasteiger partial charge on any atom is -0.508 e. The van der Waals surface area contributed by atoms with Crippen LogP contribution in [0.5, 0.6) is 11.5 Å². The fourth-order valence-electron chi connectivity index (χ4n) is 4.48. The molecular weight excluding hydrogens is 384 g/mol. The van der Waals surface area contributed by atoms with Gasteiger partial charge in [0.25, 0.3) is 0 Å². The molecule has 1 aromatic carbocycles. The van der Waals surface area contributed by atoms with Crippen LogP contribution in [-0.2, 0) is 6.42 Å². The van der Waals surface area contributed by atoms with Crippen LogP contribution < -0.4 is 0 Å². The van der Waals surface area contributed by atoms with Gasteiger partial charge in [0.2, 0.25) is 0 Å². The van der Waals surface area contributed by atoms with E-state index < -0.39 is 5.60 Å². The largest absolute Gasteiger partial charge is 0.508 e. The van der Waals surface area contributed by atoms with Crippen LogP contribution in [0.2, 0.25) is 0 Å². The lowest BCUT2D eigenvalue weighted by atomic mass is 9.89. The summed E-state index contributed by atoms with van der Waals surface area (Å²) in [6.45, 7) is 7.80. The average molecular weight is 435 g/mol. The van der Waals surface area contributed by atoms with Crippen LogP contribution in [0.25, 0.3) is 0 Å². The topological polar surface area (TPSA) is 60.7 Å². The van der Waals surface area contributed by atoms with Gasteiger partial charge in [0.15, 0.2) is 0 Å². The summed E-state index contributed by atoms with van der Waals surface area (Å²) in [5, 5.41) is 31.1. The highest BCUT2D eigenvalue weighted by Gasteiger charge is 2.22. The number of unbranched alkanes of at least 4 members (excludes halogenated alkanes) is 13. The number of hydrogen-bond acceptors (Lipinski definition) is 3. The molecule has 0 heterocycles. The molecule has 0 aromatic heterocycles. The molecule has 0 aliphatic carbocycles. The summed E-state index contributed by atoms with van der Waals surface area (Å²) >= 11 is 0. The van der Waals surface area contributed by atoms with Crippen molar-refractivity contribution >= 4 is 0 Å².